The first kappa shape index (κ1) is 21.5. The van der Waals surface area contributed by atoms with Crippen molar-refractivity contribution in [1.82, 2.24) is 20.5 Å². The molecule has 3 rings (SSSR count). The number of aryl methyl sites for hydroxylation is 2. The first-order chi connectivity index (χ1) is 14.3. The second-order valence-electron chi connectivity index (χ2n) is 6.74. The maximum Gasteiger partial charge on any atom is 0.243 e. The van der Waals surface area contributed by atoms with Crippen molar-refractivity contribution in [3.8, 4) is 11.4 Å². The number of aromatic nitrogens is 3. The van der Waals surface area contributed by atoms with E-state index in [0.29, 0.717) is 10.7 Å². The van der Waals surface area contributed by atoms with E-state index in [9.17, 15) is 14.0 Å². The number of nitrogens with one attached hydrogen (secondary N) is 3. The van der Waals surface area contributed by atoms with Crippen molar-refractivity contribution in [2.24, 2.45) is 0 Å². The molecule has 0 aliphatic rings. The maximum atomic E-state index is 13.9. The highest BCUT2D eigenvalue weighted by Gasteiger charge is 2.19. The lowest BCUT2D eigenvalue weighted by Gasteiger charge is -2.13. The van der Waals surface area contributed by atoms with Gasteiger partial charge in [0.05, 0.1) is 17.4 Å². The zero-order valence-electron chi connectivity index (χ0n) is 16.8. The van der Waals surface area contributed by atoms with Crippen LogP contribution in [0.4, 0.5) is 10.1 Å². The number of H-pyrrole nitrogens is 1. The molecule has 3 N–H and O–H groups in total. The smallest absolute Gasteiger partial charge is 0.243 e. The van der Waals surface area contributed by atoms with E-state index in [1.165, 1.54) is 6.07 Å². The minimum absolute atomic E-state index is 0.147. The SMILES string of the molecule is Cc1cccc(C)c1NC(=O)CNC(=O)C(C)Sc1n[nH]c(-c2ccccc2F)n1. The summed E-state index contributed by atoms with van der Waals surface area (Å²) >= 11 is 1.11. The number of carbonyl (C=O) groups excluding carboxylic acids is 2. The largest absolute Gasteiger partial charge is 0.346 e. The molecule has 9 heteroatoms. The van der Waals surface area contributed by atoms with Gasteiger partial charge in [-0.2, -0.15) is 0 Å². The molecule has 0 fully saturated rings. The van der Waals surface area contributed by atoms with Crippen LogP contribution in [0.15, 0.2) is 47.6 Å². The Labute approximate surface area is 177 Å². The molecule has 2 aromatic carbocycles. The van der Waals surface area contributed by atoms with Crippen molar-refractivity contribution >= 4 is 29.3 Å². The van der Waals surface area contributed by atoms with Crippen LogP contribution in [0.3, 0.4) is 0 Å². The third-order valence-electron chi connectivity index (χ3n) is 4.41. The number of benzene rings is 2. The fraction of sp³-hybridized carbons (Fsp3) is 0.238. The second-order valence-corrected chi connectivity index (χ2v) is 8.05. The number of aromatic amines is 1. The van der Waals surface area contributed by atoms with Gasteiger partial charge in [0.1, 0.15) is 5.82 Å². The molecule has 156 valence electrons. The number of carbonyl (C=O) groups is 2. The van der Waals surface area contributed by atoms with E-state index in [2.05, 4.69) is 25.8 Å². The molecule has 2 amide bonds. The van der Waals surface area contributed by atoms with Gasteiger partial charge >= 0.3 is 0 Å². The predicted octanol–water partition coefficient (Wildman–Crippen LogP) is 3.46. The highest BCUT2D eigenvalue weighted by Crippen LogP contribution is 2.24. The topological polar surface area (TPSA) is 99.8 Å². The zero-order chi connectivity index (χ0) is 21.7. The number of para-hydroxylation sites is 1. The Morgan fingerprint density at radius 1 is 1.13 bits per heavy atom. The van der Waals surface area contributed by atoms with Crippen LogP contribution in [0.1, 0.15) is 18.1 Å². The molecule has 0 saturated carbocycles. The molecule has 1 aromatic heterocycles. The Hall–Kier alpha value is -3.20. The monoisotopic (exact) mass is 427 g/mol. The van der Waals surface area contributed by atoms with E-state index in [1.54, 1.807) is 25.1 Å². The number of hydrogen-bond donors (Lipinski definition) is 3. The first-order valence-electron chi connectivity index (χ1n) is 9.33. The Balaban J connectivity index is 1.53. The predicted molar refractivity (Wildman–Crippen MR) is 115 cm³/mol. The number of rotatable bonds is 7. The third kappa shape index (κ3) is 5.24. The molecule has 0 aliphatic heterocycles. The lowest BCUT2D eigenvalue weighted by molar-refractivity contribution is -0.123. The van der Waals surface area contributed by atoms with Crippen molar-refractivity contribution in [3.63, 3.8) is 0 Å². The van der Waals surface area contributed by atoms with Gasteiger partial charge in [-0.25, -0.2) is 9.37 Å². The summed E-state index contributed by atoms with van der Waals surface area (Å²) in [6.07, 6.45) is 0. The van der Waals surface area contributed by atoms with Gasteiger partial charge in [-0.05, 0) is 44.0 Å². The molecule has 1 unspecified atom stereocenters. The van der Waals surface area contributed by atoms with Gasteiger partial charge in [0, 0.05) is 5.69 Å². The highest BCUT2D eigenvalue weighted by molar-refractivity contribution is 8.00. The number of halogens is 1. The zero-order valence-corrected chi connectivity index (χ0v) is 17.6. The summed E-state index contributed by atoms with van der Waals surface area (Å²) in [7, 11) is 0. The summed E-state index contributed by atoms with van der Waals surface area (Å²) in [5, 5.41) is 11.9. The molecule has 1 heterocycles. The second kappa shape index (κ2) is 9.53. The lowest BCUT2D eigenvalue weighted by atomic mass is 10.1. The van der Waals surface area contributed by atoms with Crippen molar-refractivity contribution < 1.29 is 14.0 Å². The fourth-order valence-electron chi connectivity index (χ4n) is 2.79. The van der Waals surface area contributed by atoms with E-state index >= 15 is 0 Å². The van der Waals surface area contributed by atoms with Crippen LogP contribution >= 0.6 is 11.8 Å². The van der Waals surface area contributed by atoms with Crippen LogP contribution in [0.5, 0.6) is 0 Å². The van der Waals surface area contributed by atoms with Crippen molar-refractivity contribution in [1.29, 1.82) is 0 Å². The van der Waals surface area contributed by atoms with Crippen LogP contribution in [-0.2, 0) is 9.59 Å². The number of thioether (sulfide) groups is 1. The van der Waals surface area contributed by atoms with E-state index in [0.717, 1.165) is 28.6 Å². The van der Waals surface area contributed by atoms with E-state index in [4.69, 9.17) is 0 Å². The van der Waals surface area contributed by atoms with Gasteiger partial charge in [-0.1, -0.05) is 42.1 Å². The summed E-state index contributed by atoms with van der Waals surface area (Å²) in [5.41, 5.74) is 2.96. The number of amides is 2. The van der Waals surface area contributed by atoms with Crippen molar-refractivity contribution in [2.75, 3.05) is 11.9 Å². The van der Waals surface area contributed by atoms with Gasteiger partial charge in [-0.15, -0.1) is 5.10 Å². The molecule has 0 aliphatic carbocycles. The van der Waals surface area contributed by atoms with Crippen LogP contribution in [0, 0.1) is 19.7 Å². The Bertz CT molecular complexity index is 1050. The minimum atomic E-state index is -0.540. The molecule has 30 heavy (non-hydrogen) atoms. The Morgan fingerprint density at radius 2 is 1.83 bits per heavy atom. The van der Waals surface area contributed by atoms with Crippen LogP contribution in [-0.4, -0.2) is 38.8 Å². The van der Waals surface area contributed by atoms with Crippen LogP contribution < -0.4 is 10.6 Å². The van der Waals surface area contributed by atoms with Gasteiger partial charge in [0.15, 0.2) is 5.82 Å². The normalized spacial score (nSPS) is 11.7. The lowest BCUT2D eigenvalue weighted by Crippen LogP contribution is -2.37. The molecule has 3 aromatic rings. The summed E-state index contributed by atoms with van der Waals surface area (Å²) in [4.78, 5) is 28.8. The molecule has 0 radical (unpaired) electrons. The maximum absolute atomic E-state index is 13.9. The van der Waals surface area contributed by atoms with E-state index in [1.807, 2.05) is 32.0 Å². The summed E-state index contributed by atoms with van der Waals surface area (Å²) in [5.74, 6) is -0.756. The van der Waals surface area contributed by atoms with Crippen molar-refractivity contribution in [2.45, 2.75) is 31.2 Å². The summed E-state index contributed by atoms with van der Waals surface area (Å²) < 4.78 is 13.9. The fourth-order valence-corrected chi connectivity index (χ4v) is 3.54. The summed E-state index contributed by atoms with van der Waals surface area (Å²) in [6, 6.07) is 12.0. The first-order valence-corrected chi connectivity index (χ1v) is 10.2. The van der Waals surface area contributed by atoms with Crippen LogP contribution in [0.25, 0.3) is 11.4 Å². The molecule has 0 saturated heterocycles. The minimum Gasteiger partial charge on any atom is -0.346 e. The average Bonchev–Trinajstić information content (AvgIpc) is 3.17. The molecule has 1 atom stereocenters. The van der Waals surface area contributed by atoms with Gasteiger partial charge < -0.3 is 10.6 Å². The Morgan fingerprint density at radius 3 is 2.53 bits per heavy atom. The Kier molecular flexibility index (Phi) is 6.83. The van der Waals surface area contributed by atoms with Gasteiger partial charge in [0.2, 0.25) is 17.0 Å². The van der Waals surface area contributed by atoms with Crippen molar-refractivity contribution in [3.05, 3.63) is 59.4 Å². The van der Waals surface area contributed by atoms with Gasteiger partial charge in [0.25, 0.3) is 0 Å². The number of nitrogens with zero attached hydrogens (tertiary/aromatic N) is 2. The molecular formula is C21H22FN5O2S. The molecular weight excluding hydrogens is 405 g/mol. The standard InChI is InChI=1S/C21H22FN5O2S/c1-12-7-6-8-13(2)18(12)24-17(28)11-23-20(29)14(3)30-21-25-19(26-27-21)15-9-4-5-10-16(15)22/h4-10,14H,11H2,1-3H3,(H,23,29)(H,24,28)(H,25,26,27). The van der Waals surface area contributed by atoms with Crippen LogP contribution in [0.2, 0.25) is 0 Å². The number of hydrogen-bond acceptors (Lipinski definition) is 5. The van der Waals surface area contributed by atoms with Gasteiger partial charge in [-0.3, -0.25) is 14.7 Å². The van der Waals surface area contributed by atoms with E-state index in [-0.39, 0.29) is 24.2 Å². The summed E-state index contributed by atoms with van der Waals surface area (Å²) in [6.45, 7) is 5.35. The third-order valence-corrected chi connectivity index (χ3v) is 5.38. The highest BCUT2D eigenvalue weighted by atomic mass is 32.2. The quantitative estimate of drug-likeness (QED) is 0.502. The average molecular weight is 428 g/mol. The molecule has 0 spiro atoms. The molecule has 0 bridgehead atoms. The molecule has 7 nitrogen and oxygen atoms in total. The van der Waals surface area contributed by atoms with E-state index < -0.39 is 11.1 Å². The number of anilines is 1.